The molecule has 30 heavy (non-hydrogen) atoms. The fourth-order valence-electron chi connectivity index (χ4n) is 4.53. The highest BCUT2D eigenvalue weighted by molar-refractivity contribution is 6.01. The van der Waals surface area contributed by atoms with E-state index < -0.39 is 11.7 Å². The van der Waals surface area contributed by atoms with Crippen LogP contribution in [0.1, 0.15) is 63.7 Å². The lowest BCUT2D eigenvalue weighted by atomic mass is 9.97. The number of hydrogen-bond acceptors (Lipinski definition) is 5. The molecule has 2 N–H and O–H groups in total. The maximum absolute atomic E-state index is 12.8. The van der Waals surface area contributed by atoms with Gasteiger partial charge in [0, 0.05) is 23.7 Å². The molecule has 0 radical (unpaired) electrons. The van der Waals surface area contributed by atoms with Crippen molar-refractivity contribution in [3.8, 4) is 5.75 Å². The zero-order chi connectivity index (χ0) is 21.6. The van der Waals surface area contributed by atoms with Crippen molar-refractivity contribution in [1.82, 2.24) is 10.2 Å². The fraction of sp³-hybridized carbons (Fsp3) is 0.591. The van der Waals surface area contributed by atoms with E-state index in [1.807, 2.05) is 25.7 Å². The minimum absolute atomic E-state index is 0.00409. The highest BCUT2D eigenvalue weighted by atomic mass is 16.6. The Bertz CT molecular complexity index is 864. The lowest BCUT2D eigenvalue weighted by Gasteiger charge is -2.39. The number of benzene rings is 1. The van der Waals surface area contributed by atoms with E-state index in [9.17, 15) is 14.4 Å². The molecule has 2 saturated heterocycles. The summed E-state index contributed by atoms with van der Waals surface area (Å²) in [5.74, 6) is 0.134. The van der Waals surface area contributed by atoms with E-state index in [0.717, 1.165) is 12.8 Å². The maximum atomic E-state index is 12.8. The van der Waals surface area contributed by atoms with Gasteiger partial charge in [-0.25, -0.2) is 4.79 Å². The summed E-state index contributed by atoms with van der Waals surface area (Å²) in [7, 11) is 0. The van der Waals surface area contributed by atoms with Gasteiger partial charge in [-0.1, -0.05) is 0 Å². The quantitative estimate of drug-likeness (QED) is 0.774. The van der Waals surface area contributed by atoms with E-state index >= 15 is 0 Å². The molecule has 0 aromatic heterocycles. The van der Waals surface area contributed by atoms with Crippen molar-refractivity contribution >= 4 is 23.6 Å². The van der Waals surface area contributed by atoms with Crippen LogP contribution in [0.5, 0.6) is 5.75 Å². The topological polar surface area (TPSA) is 97.0 Å². The molecule has 8 heteroatoms. The molecule has 3 aliphatic heterocycles. The Morgan fingerprint density at radius 1 is 1.20 bits per heavy atom. The Morgan fingerprint density at radius 3 is 2.50 bits per heavy atom. The molecule has 2 fully saturated rings. The molecule has 0 aliphatic carbocycles. The van der Waals surface area contributed by atoms with Crippen LogP contribution in [0.25, 0.3) is 0 Å². The van der Waals surface area contributed by atoms with Crippen molar-refractivity contribution in [3.63, 3.8) is 0 Å². The number of nitrogens with one attached hydrogen (secondary N) is 2. The molecule has 1 aromatic carbocycles. The summed E-state index contributed by atoms with van der Waals surface area (Å²) in [5, 5.41) is 5.87. The third-order valence-electron chi connectivity index (χ3n) is 5.85. The number of fused-ring (bicyclic) bond motifs is 3. The largest absolute Gasteiger partial charge is 0.479 e. The molecule has 3 heterocycles. The van der Waals surface area contributed by atoms with Gasteiger partial charge in [-0.05, 0) is 71.6 Å². The molecule has 4 atom stereocenters. The zero-order valence-electron chi connectivity index (χ0n) is 17.9. The first-order valence-electron chi connectivity index (χ1n) is 10.5. The molecule has 2 bridgehead atoms. The number of carbonyl (C=O) groups is 3. The summed E-state index contributed by atoms with van der Waals surface area (Å²) in [6.45, 7) is 7.28. The fourth-order valence-corrected chi connectivity index (χ4v) is 4.53. The number of anilines is 1. The number of carbonyl (C=O) groups excluding carboxylic acids is 3. The molecule has 8 nitrogen and oxygen atoms in total. The average molecular weight is 415 g/mol. The second-order valence-electron chi connectivity index (χ2n) is 9.37. The molecule has 0 spiro atoms. The van der Waals surface area contributed by atoms with E-state index in [-0.39, 0.29) is 36.0 Å². The van der Waals surface area contributed by atoms with Gasteiger partial charge in [-0.2, -0.15) is 0 Å². The SMILES string of the molecule is CC1Oc2ccc(C(=O)N[C@H]3C[C@H]4CC[C@@H](C3)N4C(=O)OC(C)(C)C)cc2NC1=O. The van der Waals surface area contributed by atoms with E-state index in [1.165, 1.54) is 0 Å². The lowest BCUT2D eigenvalue weighted by Crippen LogP contribution is -2.53. The second kappa shape index (κ2) is 7.49. The van der Waals surface area contributed by atoms with Gasteiger partial charge in [0.25, 0.3) is 11.8 Å². The summed E-state index contributed by atoms with van der Waals surface area (Å²) in [5.41, 5.74) is 0.449. The first-order valence-corrected chi connectivity index (χ1v) is 10.5. The Balaban J connectivity index is 1.40. The van der Waals surface area contributed by atoms with Crippen LogP contribution in [0.2, 0.25) is 0 Å². The lowest BCUT2D eigenvalue weighted by molar-refractivity contribution is -0.122. The number of ether oxygens (including phenoxy) is 2. The zero-order valence-corrected chi connectivity index (χ0v) is 17.9. The molecule has 1 unspecified atom stereocenters. The first-order chi connectivity index (χ1) is 14.1. The smallest absolute Gasteiger partial charge is 0.410 e. The van der Waals surface area contributed by atoms with Crippen LogP contribution in [-0.4, -0.2) is 52.6 Å². The van der Waals surface area contributed by atoms with Crippen LogP contribution in [0.3, 0.4) is 0 Å². The van der Waals surface area contributed by atoms with E-state index in [4.69, 9.17) is 9.47 Å². The van der Waals surface area contributed by atoms with Gasteiger partial charge in [-0.3, -0.25) is 9.59 Å². The number of hydrogen-bond donors (Lipinski definition) is 2. The summed E-state index contributed by atoms with van der Waals surface area (Å²) < 4.78 is 11.1. The van der Waals surface area contributed by atoms with Gasteiger partial charge in [0.15, 0.2) is 6.10 Å². The summed E-state index contributed by atoms with van der Waals surface area (Å²) in [6, 6.07) is 5.20. The van der Waals surface area contributed by atoms with Crippen LogP contribution < -0.4 is 15.4 Å². The second-order valence-corrected chi connectivity index (χ2v) is 9.37. The van der Waals surface area contributed by atoms with E-state index in [0.29, 0.717) is 29.8 Å². The Morgan fingerprint density at radius 2 is 1.87 bits per heavy atom. The van der Waals surface area contributed by atoms with Crippen molar-refractivity contribution in [2.24, 2.45) is 0 Å². The molecule has 3 aliphatic rings. The van der Waals surface area contributed by atoms with Gasteiger partial charge in [0.1, 0.15) is 11.4 Å². The average Bonchev–Trinajstić information content (AvgIpc) is 2.92. The van der Waals surface area contributed by atoms with Crippen molar-refractivity contribution < 1.29 is 23.9 Å². The third kappa shape index (κ3) is 4.08. The Kier molecular flexibility index (Phi) is 5.11. The number of nitrogens with zero attached hydrogens (tertiary/aromatic N) is 1. The highest BCUT2D eigenvalue weighted by Crippen LogP contribution is 2.37. The molecular formula is C22H29N3O5. The molecule has 4 rings (SSSR count). The van der Waals surface area contributed by atoms with E-state index in [1.54, 1.807) is 25.1 Å². The van der Waals surface area contributed by atoms with Crippen LogP contribution in [-0.2, 0) is 9.53 Å². The van der Waals surface area contributed by atoms with Gasteiger partial charge >= 0.3 is 6.09 Å². The minimum Gasteiger partial charge on any atom is -0.479 e. The predicted molar refractivity (Wildman–Crippen MR) is 111 cm³/mol. The summed E-state index contributed by atoms with van der Waals surface area (Å²) in [4.78, 5) is 39.1. The normalized spacial score (nSPS) is 27.6. The summed E-state index contributed by atoms with van der Waals surface area (Å²) >= 11 is 0. The van der Waals surface area contributed by atoms with Crippen LogP contribution in [0.4, 0.5) is 10.5 Å². The van der Waals surface area contributed by atoms with Gasteiger partial charge < -0.3 is 25.0 Å². The monoisotopic (exact) mass is 415 g/mol. The number of amides is 3. The number of rotatable bonds is 2. The Labute approximate surface area is 176 Å². The van der Waals surface area contributed by atoms with Crippen molar-refractivity contribution in [2.45, 2.75) is 83.2 Å². The predicted octanol–water partition coefficient (Wildman–Crippen LogP) is 3.07. The third-order valence-corrected chi connectivity index (χ3v) is 5.85. The standard InChI is InChI=1S/C22H29N3O5/c1-12-19(26)24-17-9-13(5-8-18(17)29-12)20(27)23-14-10-15-6-7-16(11-14)25(15)21(28)30-22(2,3)4/h5,8-9,12,14-16H,6-7,10-11H2,1-4H3,(H,23,27)(H,24,26)/t12?,14-,15+,16-. The molecule has 162 valence electrons. The van der Waals surface area contributed by atoms with Gasteiger partial charge in [-0.15, -0.1) is 0 Å². The first kappa shape index (κ1) is 20.5. The minimum atomic E-state index is -0.553. The Hall–Kier alpha value is -2.77. The molecule has 3 amide bonds. The molecule has 1 aromatic rings. The van der Waals surface area contributed by atoms with Crippen molar-refractivity contribution in [3.05, 3.63) is 23.8 Å². The van der Waals surface area contributed by atoms with Crippen molar-refractivity contribution in [2.75, 3.05) is 5.32 Å². The van der Waals surface area contributed by atoms with Gasteiger partial charge in [0.2, 0.25) is 0 Å². The van der Waals surface area contributed by atoms with Crippen LogP contribution in [0, 0.1) is 0 Å². The molecule has 0 saturated carbocycles. The van der Waals surface area contributed by atoms with Gasteiger partial charge in [0.05, 0.1) is 5.69 Å². The highest BCUT2D eigenvalue weighted by Gasteiger charge is 2.45. The van der Waals surface area contributed by atoms with Crippen LogP contribution in [0.15, 0.2) is 18.2 Å². The number of piperidine rings is 1. The summed E-state index contributed by atoms with van der Waals surface area (Å²) in [6.07, 6.45) is 2.46. The van der Waals surface area contributed by atoms with Crippen molar-refractivity contribution in [1.29, 1.82) is 0 Å². The van der Waals surface area contributed by atoms with E-state index in [2.05, 4.69) is 10.6 Å². The maximum Gasteiger partial charge on any atom is 0.410 e. The molecular weight excluding hydrogens is 386 g/mol. The van der Waals surface area contributed by atoms with Crippen LogP contribution >= 0.6 is 0 Å².